The van der Waals surface area contributed by atoms with Gasteiger partial charge in [-0.2, -0.15) is 5.26 Å². The van der Waals surface area contributed by atoms with Gasteiger partial charge in [-0.05, 0) is 6.42 Å². The van der Waals surface area contributed by atoms with Crippen molar-refractivity contribution < 1.29 is 0 Å². The minimum absolute atomic E-state index is 0.0303. The lowest BCUT2D eigenvalue weighted by Crippen LogP contribution is -2.17. The van der Waals surface area contributed by atoms with Gasteiger partial charge in [-0.25, -0.2) is 9.97 Å². The molecule has 1 N–H and O–H groups in total. The average Bonchev–Trinajstić information content (AvgIpc) is 2.29. The topological polar surface area (TPSA) is 61.6 Å². The van der Waals surface area contributed by atoms with Gasteiger partial charge in [0.25, 0.3) is 0 Å². The van der Waals surface area contributed by atoms with Crippen LogP contribution in [0.4, 0.5) is 5.82 Å². The maximum Gasteiger partial charge on any atom is 0.158 e. The Hall–Kier alpha value is -2.07. The molecule has 4 nitrogen and oxygen atoms in total. The summed E-state index contributed by atoms with van der Waals surface area (Å²) in [5.41, 5.74) is 0.299. The number of hydrogen-bond donors (Lipinski definition) is 1. The zero-order chi connectivity index (χ0) is 11.1. The standard InChI is InChI=1S/C11H12N4/c1-3-5-9(4-2)15-11-8-13-10(6-12)7-14-11/h2,7-9H,3,5H2,1H3,(H,14,15). The summed E-state index contributed by atoms with van der Waals surface area (Å²) >= 11 is 0. The summed E-state index contributed by atoms with van der Waals surface area (Å²) in [6, 6.07) is 1.87. The van der Waals surface area contributed by atoms with E-state index >= 15 is 0 Å². The Labute approximate surface area is 89.4 Å². The summed E-state index contributed by atoms with van der Waals surface area (Å²) in [5, 5.41) is 11.6. The van der Waals surface area contributed by atoms with Crippen LogP contribution in [0.25, 0.3) is 0 Å². The number of nitrogens with one attached hydrogen (secondary N) is 1. The normalized spacial score (nSPS) is 11.1. The summed E-state index contributed by atoms with van der Waals surface area (Å²) in [6.45, 7) is 2.07. The molecule has 1 aromatic heterocycles. The van der Waals surface area contributed by atoms with Gasteiger partial charge in [-0.3, -0.25) is 0 Å². The summed E-state index contributed by atoms with van der Waals surface area (Å²) in [6.07, 6.45) is 10.2. The van der Waals surface area contributed by atoms with E-state index in [4.69, 9.17) is 11.7 Å². The molecule has 1 aromatic rings. The van der Waals surface area contributed by atoms with E-state index in [0.29, 0.717) is 11.5 Å². The van der Waals surface area contributed by atoms with E-state index in [9.17, 15) is 0 Å². The molecule has 76 valence electrons. The predicted octanol–water partition coefficient (Wildman–Crippen LogP) is 1.56. The molecular weight excluding hydrogens is 188 g/mol. The molecule has 0 aliphatic heterocycles. The number of rotatable bonds is 4. The molecule has 0 aliphatic rings. The lowest BCUT2D eigenvalue weighted by Gasteiger charge is -2.11. The van der Waals surface area contributed by atoms with Crippen molar-refractivity contribution in [2.75, 3.05) is 5.32 Å². The Bertz CT molecular complexity index is 383. The minimum Gasteiger partial charge on any atom is -0.355 e. The minimum atomic E-state index is -0.0303. The molecule has 1 heterocycles. The fourth-order valence-electron chi connectivity index (χ4n) is 1.12. The quantitative estimate of drug-likeness (QED) is 0.749. The van der Waals surface area contributed by atoms with Crippen LogP contribution in [0.2, 0.25) is 0 Å². The first-order valence-electron chi connectivity index (χ1n) is 4.75. The highest BCUT2D eigenvalue weighted by Gasteiger charge is 2.04. The van der Waals surface area contributed by atoms with Gasteiger partial charge in [0.05, 0.1) is 18.4 Å². The van der Waals surface area contributed by atoms with Crippen LogP contribution >= 0.6 is 0 Å². The molecule has 0 radical (unpaired) electrons. The smallest absolute Gasteiger partial charge is 0.158 e. The van der Waals surface area contributed by atoms with Crippen LogP contribution in [-0.2, 0) is 0 Å². The van der Waals surface area contributed by atoms with E-state index in [1.807, 2.05) is 6.07 Å². The molecule has 0 amide bonds. The van der Waals surface area contributed by atoms with Crippen molar-refractivity contribution in [3.05, 3.63) is 18.1 Å². The highest BCUT2D eigenvalue weighted by molar-refractivity contribution is 5.36. The van der Waals surface area contributed by atoms with Crippen molar-refractivity contribution in [1.29, 1.82) is 5.26 Å². The molecule has 4 heteroatoms. The first-order valence-corrected chi connectivity index (χ1v) is 4.75. The van der Waals surface area contributed by atoms with Crippen molar-refractivity contribution in [2.24, 2.45) is 0 Å². The molecule has 0 bridgehead atoms. The van der Waals surface area contributed by atoms with Gasteiger partial charge in [-0.15, -0.1) is 6.42 Å². The first kappa shape index (κ1) is 11.0. The van der Waals surface area contributed by atoms with E-state index in [1.165, 1.54) is 12.4 Å². The van der Waals surface area contributed by atoms with E-state index in [2.05, 4.69) is 28.1 Å². The monoisotopic (exact) mass is 200 g/mol. The summed E-state index contributed by atoms with van der Waals surface area (Å²) < 4.78 is 0. The Morgan fingerprint density at radius 2 is 2.33 bits per heavy atom. The van der Waals surface area contributed by atoms with E-state index in [1.54, 1.807) is 0 Å². The number of terminal acetylenes is 1. The van der Waals surface area contributed by atoms with E-state index in [0.717, 1.165) is 12.8 Å². The van der Waals surface area contributed by atoms with Gasteiger partial charge in [0.1, 0.15) is 11.9 Å². The summed E-state index contributed by atoms with van der Waals surface area (Å²) in [5.74, 6) is 3.24. The number of nitriles is 1. The summed E-state index contributed by atoms with van der Waals surface area (Å²) in [7, 11) is 0. The molecule has 1 rings (SSSR count). The van der Waals surface area contributed by atoms with Crippen LogP contribution in [0, 0.1) is 23.7 Å². The van der Waals surface area contributed by atoms with Gasteiger partial charge in [-0.1, -0.05) is 19.3 Å². The fraction of sp³-hybridized carbons (Fsp3) is 0.364. The second-order valence-corrected chi connectivity index (χ2v) is 3.05. The number of hydrogen-bond acceptors (Lipinski definition) is 4. The predicted molar refractivity (Wildman–Crippen MR) is 57.9 cm³/mol. The third kappa shape index (κ3) is 3.28. The van der Waals surface area contributed by atoms with Crippen molar-refractivity contribution in [3.8, 4) is 18.4 Å². The molecule has 0 aliphatic carbocycles. The maximum atomic E-state index is 8.54. The zero-order valence-electron chi connectivity index (χ0n) is 8.57. The van der Waals surface area contributed by atoms with Crippen LogP contribution < -0.4 is 5.32 Å². The van der Waals surface area contributed by atoms with Crippen LogP contribution in [-0.4, -0.2) is 16.0 Å². The molecule has 1 atom stereocenters. The molecule has 15 heavy (non-hydrogen) atoms. The molecule has 0 saturated heterocycles. The second kappa shape index (κ2) is 5.62. The number of nitrogens with zero attached hydrogens (tertiary/aromatic N) is 3. The Kier molecular flexibility index (Phi) is 4.12. The van der Waals surface area contributed by atoms with Gasteiger partial charge >= 0.3 is 0 Å². The lowest BCUT2D eigenvalue weighted by atomic mass is 10.2. The Morgan fingerprint density at radius 1 is 1.53 bits per heavy atom. The fourth-order valence-corrected chi connectivity index (χ4v) is 1.12. The molecular formula is C11H12N4. The van der Waals surface area contributed by atoms with Crippen LogP contribution in [0.15, 0.2) is 12.4 Å². The molecule has 1 unspecified atom stereocenters. The Morgan fingerprint density at radius 3 is 2.80 bits per heavy atom. The summed E-state index contributed by atoms with van der Waals surface area (Å²) in [4.78, 5) is 7.92. The van der Waals surface area contributed by atoms with Crippen molar-refractivity contribution >= 4 is 5.82 Å². The molecule has 0 saturated carbocycles. The van der Waals surface area contributed by atoms with Crippen molar-refractivity contribution in [1.82, 2.24) is 9.97 Å². The van der Waals surface area contributed by atoms with Gasteiger partial charge < -0.3 is 5.32 Å². The van der Waals surface area contributed by atoms with Crippen LogP contribution in [0.3, 0.4) is 0 Å². The number of anilines is 1. The second-order valence-electron chi connectivity index (χ2n) is 3.05. The molecule has 0 spiro atoms. The zero-order valence-corrected chi connectivity index (χ0v) is 8.57. The van der Waals surface area contributed by atoms with Gasteiger partial charge in [0.15, 0.2) is 5.69 Å². The van der Waals surface area contributed by atoms with Gasteiger partial charge in [0, 0.05) is 0 Å². The van der Waals surface area contributed by atoms with Crippen molar-refractivity contribution in [2.45, 2.75) is 25.8 Å². The Balaban J connectivity index is 2.65. The van der Waals surface area contributed by atoms with Gasteiger partial charge in [0.2, 0.25) is 0 Å². The SMILES string of the molecule is C#CC(CCC)Nc1cnc(C#N)cn1. The van der Waals surface area contributed by atoms with E-state index < -0.39 is 0 Å². The first-order chi connectivity index (χ1) is 7.30. The average molecular weight is 200 g/mol. The maximum absolute atomic E-state index is 8.54. The third-order valence-corrected chi connectivity index (χ3v) is 1.87. The lowest BCUT2D eigenvalue weighted by molar-refractivity contribution is 0.751. The third-order valence-electron chi connectivity index (χ3n) is 1.87. The largest absolute Gasteiger partial charge is 0.355 e. The number of aromatic nitrogens is 2. The highest BCUT2D eigenvalue weighted by atomic mass is 15.0. The van der Waals surface area contributed by atoms with Crippen LogP contribution in [0.1, 0.15) is 25.5 Å². The molecule has 0 fully saturated rings. The van der Waals surface area contributed by atoms with Crippen molar-refractivity contribution in [3.63, 3.8) is 0 Å². The molecule has 0 aromatic carbocycles. The van der Waals surface area contributed by atoms with Crippen LogP contribution in [0.5, 0.6) is 0 Å². The van der Waals surface area contributed by atoms with E-state index in [-0.39, 0.29) is 6.04 Å². The highest BCUT2D eigenvalue weighted by Crippen LogP contribution is 2.05.